The minimum atomic E-state index is -4.41. The maximum absolute atomic E-state index is 12.8. The van der Waals surface area contributed by atoms with Gasteiger partial charge in [-0.15, -0.1) is 0 Å². The first-order valence-corrected chi connectivity index (χ1v) is 10.2. The molecule has 1 fully saturated rings. The lowest BCUT2D eigenvalue weighted by Crippen LogP contribution is -2.47. The molecular weight excluding hydrogens is 425 g/mol. The summed E-state index contributed by atoms with van der Waals surface area (Å²) < 4.78 is 43.6. The SMILES string of the molecule is CC(C)(C)OC(=O)N1CCC[C@H]1C(=O)NCc1cc(-c2ccc(C(F)(F)F)cc2)ncn1. The third-order valence-electron chi connectivity index (χ3n) is 4.86. The molecule has 0 spiro atoms. The standard InChI is InChI=1S/C22H25F3N4O3/c1-21(2,3)32-20(31)29-10-4-5-18(29)19(30)26-12-16-11-17(28-13-27-16)14-6-8-15(9-7-14)22(23,24)25/h6-9,11,13,18H,4-5,10,12H2,1-3H3,(H,26,30)/t18-/m0/s1. The largest absolute Gasteiger partial charge is 0.444 e. The van der Waals surface area contributed by atoms with Gasteiger partial charge in [-0.25, -0.2) is 14.8 Å². The zero-order valence-corrected chi connectivity index (χ0v) is 18.1. The topological polar surface area (TPSA) is 84.4 Å². The van der Waals surface area contributed by atoms with Crippen LogP contribution in [-0.4, -0.2) is 45.1 Å². The van der Waals surface area contributed by atoms with Crippen molar-refractivity contribution in [1.82, 2.24) is 20.2 Å². The molecule has 7 nitrogen and oxygen atoms in total. The van der Waals surface area contributed by atoms with Crippen LogP contribution in [0, 0.1) is 0 Å². The summed E-state index contributed by atoms with van der Waals surface area (Å²) in [5.74, 6) is -0.317. The van der Waals surface area contributed by atoms with Crippen LogP contribution < -0.4 is 5.32 Å². The van der Waals surface area contributed by atoms with E-state index in [-0.39, 0.29) is 12.5 Å². The predicted molar refractivity (Wildman–Crippen MR) is 110 cm³/mol. The van der Waals surface area contributed by atoms with Crippen LogP contribution >= 0.6 is 0 Å². The van der Waals surface area contributed by atoms with Gasteiger partial charge in [-0.3, -0.25) is 9.69 Å². The van der Waals surface area contributed by atoms with Crippen molar-refractivity contribution in [1.29, 1.82) is 0 Å². The molecule has 2 aromatic rings. The first kappa shape index (κ1) is 23.5. The minimum absolute atomic E-state index is 0.0909. The summed E-state index contributed by atoms with van der Waals surface area (Å²) in [6.45, 7) is 5.82. The zero-order chi connectivity index (χ0) is 23.5. The highest BCUT2D eigenvalue weighted by Gasteiger charge is 2.36. The van der Waals surface area contributed by atoms with Crippen LogP contribution in [0.25, 0.3) is 11.3 Å². The Kier molecular flexibility index (Phi) is 6.71. The number of benzene rings is 1. The number of hydrogen-bond donors (Lipinski definition) is 1. The van der Waals surface area contributed by atoms with E-state index in [1.165, 1.54) is 23.4 Å². The predicted octanol–water partition coefficient (Wildman–Crippen LogP) is 4.18. The monoisotopic (exact) mass is 450 g/mol. The van der Waals surface area contributed by atoms with E-state index in [4.69, 9.17) is 4.74 Å². The van der Waals surface area contributed by atoms with Crippen molar-refractivity contribution < 1.29 is 27.5 Å². The van der Waals surface area contributed by atoms with Crippen molar-refractivity contribution in [3.05, 3.63) is 47.9 Å². The van der Waals surface area contributed by atoms with Crippen molar-refractivity contribution in [3.63, 3.8) is 0 Å². The molecule has 1 atom stereocenters. The van der Waals surface area contributed by atoms with Gasteiger partial charge in [-0.2, -0.15) is 13.2 Å². The second kappa shape index (κ2) is 9.13. The van der Waals surface area contributed by atoms with E-state index in [2.05, 4.69) is 15.3 Å². The maximum atomic E-state index is 12.8. The highest BCUT2D eigenvalue weighted by Crippen LogP contribution is 2.30. The van der Waals surface area contributed by atoms with Crippen LogP contribution in [0.15, 0.2) is 36.7 Å². The number of alkyl halides is 3. The normalized spacial score (nSPS) is 16.7. The fraction of sp³-hybridized carbons (Fsp3) is 0.455. The Morgan fingerprint density at radius 2 is 1.84 bits per heavy atom. The highest BCUT2D eigenvalue weighted by molar-refractivity contribution is 5.86. The number of hydrogen-bond acceptors (Lipinski definition) is 5. The molecule has 0 radical (unpaired) electrons. The van der Waals surface area contributed by atoms with Gasteiger partial charge in [0.05, 0.1) is 23.5 Å². The third-order valence-corrected chi connectivity index (χ3v) is 4.86. The Labute approximate surface area is 184 Å². The van der Waals surface area contributed by atoms with Crippen molar-refractivity contribution >= 4 is 12.0 Å². The van der Waals surface area contributed by atoms with Crippen molar-refractivity contribution in [3.8, 4) is 11.3 Å². The Morgan fingerprint density at radius 3 is 2.47 bits per heavy atom. The molecule has 1 saturated heterocycles. The molecular formula is C22H25F3N4O3. The summed E-state index contributed by atoms with van der Waals surface area (Å²) in [6.07, 6.45) is -2.42. The number of amides is 2. The van der Waals surface area contributed by atoms with Crippen molar-refractivity contribution in [2.45, 2.75) is 58.0 Å². The number of halogens is 3. The minimum Gasteiger partial charge on any atom is -0.444 e. The smallest absolute Gasteiger partial charge is 0.416 e. The molecule has 1 aromatic carbocycles. The van der Waals surface area contributed by atoms with Gasteiger partial charge in [-0.05, 0) is 51.8 Å². The van der Waals surface area contributed by atoms with E-state index in [0.29, 0.717) is 36.3 Å². The van der Waals surface area contributed by atoms with E-state index >= 15 is 0 Å². The van der Waals surface area contributed by atoms with Gasteiger partial charge in [0.15, 0.2) is 0 Å². The quantitative estimate of drug-likeness (QED) is 0.756. The number of carbonyl (C=O) groups is 2. The Morgan fingerprint density at radius 1 is 1.16 bits per heavy atom. The maximum Gasteiger partial charge on any atom is 0.416 e. The molecule has 2 amide bonds. The molecule has 1 N–H and O–H groups in total. The van der Waals surface area contributed by atoms with Crippen LogP contribution in [0.5, 0.6) is 0 Å². The zero-order valence-electron chi connectivity index (χ0n) is 18.1. The first-order chi connectivity index (χ1) is 14.9. The Bertz CT molecular complexity index is 972. The molecule has 0 aliphatic carbocycles. The average molecular weight is 450 g/mol. The first-order valence-electron chi connectivity index (χ1n) is 10.2. The van der Waals surface area contributed by atoms with Gasteiger partial charge < -0.3 is 10.1 Å². The molecule has 172 valence electrons. The number of carbonyl (C=O) groups excluding carboxylic acids is 2. The fourth-order valence-electron chi connectivity index (χ4n) is 3.36. The molecule has 32 heavy (non-hydrogen) atoms. The summed E-state index contributed by atoms with van der Waals surface area (Å²) in [5, 5.41) is 2.77. The van der Waals surface area contributed by atoms with Crippen LogP contribution in [0.2, 0.25) is 0 Å². The van der Waals surface area contributed by atoms with Crippen LogP contribution in [0.4, 0.5) is 18.0 Å². The molecule has 0 saturated carbocycles. The molecule has 3 rings (SSSR count). The number of nitrogens with one attached hydrogen (secondary N) is 1. The van der Waals surface area contributed by atoms with Crippen LogP contribution in [0.1, 0.15) is 44.9 Å². The Balaban J connectivity index is 1.63. The summed E-state index contributed by atoms with van der Waals surface area (Å²) in [4.78, 5) is 34.7. The van der Waals surface area contributed by atoms with Gasteiger partial charge in [0.25, 0.3) is 0 Å². The summed E-state index contributed by atoms with van der Waals surface area (Å²) in [6, 6.07) is 5.63. The van der Waals surface area contributed by atoms with Gasteiger partial charge in [0.1, 0.15) is 18.0 Å². The number of aromatic nitrogens is 2. The van der Waals surface area contributed by atoms with Gasteiger partial charge in [0.2, 0.25) is 5.91 Å². The van der Waals surface area contributed by atoms with Crippen LogP contribution in [0.3, 0.4) is 0 Å². The number of likely N-dealkylation sites (tertiary alicyclic amines) is 1. The summed E-state index contributed by atoms with van der Waals surface area (Å²) >= 11 is 0. The number of ether oxygens (including phenoxy) is 1. The van der Waals surface area contributed by atoms with E-state index in [1.54, 1.807) is 26.8 Å². The van der Waals surface area contributed by atoms with E-state index < -0.39 is 29.5 Å². The van der Waals surface area contributed by atoms with Gasteiger partial charge in [-0.1, -0.05) is 12.1 Å². The molecule has 1 aliphatic rings. The molecule has 0 unspecified atom stereocenters. The lowest BCUT2D eigenvalue weighted by molar-refractivity contribution is -0.137. The molecule has 2 heterocycles. The molecule has 1 aliphatic heterocycles. The van der Waals surface area contributed by atoms with Crippen molar-refractivity contribution in [2.75, 3.05) is 6.54 Å². The second-order valence-electron chi connectivity index (χ2n) is 8.52. The van der Waals surface area contributed by atoms with Crippen LogP contribution in [-0.2, 0) is 22.3 Å². The number of rotatable bonds is 4. The van der Waals surface area contributed by atoms with Gasteiger partial charge >= 0.3 is 12.3 Å². The van der Waals surface area contributed by atoms with E-state index in [0.717, 1.165) is 12.1 Å². The Hall–Kier alpha value is -3.17. The molecule has 10 heteroatoms. The summed E-state index contributed by atoms with van der Waals surface area (Å²) in [7, 11) is 0. The lowest BCUT2D eigenvalue weighted by Gasteiger charge is -2.28. The number of nitrogens with zero attached hydrogens (tertiary/aromatic N) is 3. The van der Waals surface area contributed by atoms with E-state index in [1.807, 2.05) is 0 Å². The van der Waals surface area contributed by atoms with Gasteiger partial charge in [0, 0.05) is 12.1 Å². The molecule has 1 aromatic heterocycles. The highest BCUT2D eigenvalue weighted by atomic mass is 19.4. The van der Waals surface area contributed by atoms with Crippen molar-refractivity contribution in [2.24, 2.45) is 0 Å². The molecule has 0 bridgehead atoms. The fourth-order valence-corrected chi connectivity index (χ4v) is 3.36. The lowest BCUT2D eigenvalue weighted by atomic mass is 10.1. The average Bonchev–Trinajstić information content (AvgIpc) is 3.21. The third kappa shape index (κ3) is 5.95. The summed E-state index contributed by atoms with van der Waals surface area (Å²) in [5.41, 5.74) is 0.0316. The van der Waals surface area contributed by atoms with E-state index in [9.17, 15) is 22.8 Å². The second-order valence-corrected chi connectivity index (χ2v) is 8.52.